The molecule has 0 aliphatic carbocycles. The monoisotopic (exact) mass is 186 g/mol. The summed E-state index contributed by atoms with van der Waals surface area (Å²) in [6.07, 6.45) is 1.90. The van der Waals surface area contributed by atoms with Crippen LogP contribution >= 0.6 is 0 Å². The summed E-state index contributed by atoms with van der Waals surface area (Å²) in [6.45, 7) is 7.92. The third kappa shape index (κ3) is 1.23. The Morgan fingerprint density at radius 3 is 2.86 bits per heavy atom. The van der Waals surface area contributed by atoms with Gasteiger partial charge in [-0.2, -0.15) is 5.10 Å². The van der Waals surface area contributed by atoms with Gasteiger partial charge in [-0.15, -0.1) is 6.58 Å². The topological polar surface area (TPSA) is 17.8 Å². The molecule has 1 aromatic carbocycles. The Morgan fingerprint density at radius 2 is 2.14 bits per heavy atom. The van der Waals surface area contributed by atoms with E-state index in [2.05, 4.69) is 30.7 Å². The van der Waals surface area contributed by atoms with Gasteiger partial charge in [0.25, 0.3) is 0 Å². The van der Waals surface area contributed by atoms with Crippen LogP contribution in [-0.2, 0) is 0 Å². The van der Waals surface area contributed by atoms with E-state index in [1.807, 2.05) is 29.8 Å². The molecular weight excluding hydrogens is 172 g/mol. The first-order valence-electron chi connectivity index (χ1n) is 4.80. The zero-order valence-corrected chi connectivity index (χ0v) is 8.57. The Kier molecular flexibility index (Phi) is 2.12. The van der Waals surface area contributed by atoms with Crippen molar-refractivity contribution in [3.8, 4) is 0 Å². The van der Waals surface area contributed by atoms with Crippen molar-refractivity contribution in [3.63, 3.8) is 0 Å². The Hall–Kier alpha value is -1.57. The first kappa shape index (κ1) is 9.00. The Balaban J connectivity index is 2.72. The highest BCUT2D eigenvalue weighted by atomic mass is 15.3. The number of nitrogens with zero attached hydrogens (tertiary/aromatic N) is 2. The fraction of sp³-hybridized carbons (Fsp3) is 0.250. The number of benzene rings is 1. The van der Waals surface area contributed by atoms with Gasteiger partial charge in [-0.25, -0.2) is 0 Å². The summed E-state index contributed by atoms with van der Waals surface area (Å²) in [5, 5.41) is 5.73. The molecule has 0 amide bonds. The minimum absolute atomic E-state index is 0.244. The largest absolute Gasteiger partial charge is 0.258 e. The van der Waals surface area contributed by atoms with Crippen LogP contribution in [0.5, 0.6) is 0 Å². The van der Waals surface area contributed by atoms with Crippen molar-refractivity contribution in [2.45, 2.75) is 19.9 Å². The van der Waals surface area contributed by atoms with E-state index < -0.39 is 0 Å². The van der Waals surface area contributed by atoms with Crippen LogP contribution in [0.4, 0.5) is 0 Å². The van der Waals surface area contributed by atoms with E-state index in [1.165, 1.54) is 10.9 Å². The second-order valence-electron chi connectivity index (χ2n) is 3.52. The summed E-state index contributed by atoms with van der Waals surface area (Å²) < 4.78 is 2.01. The van der Waals surface area contributed by atoms with Crippen molar-refractivity contribution in [3.05, 3.63) is 42.6 Å². The molecule has 0 spiro atoms. The number of fused-ring (bicyclic) bond motifs is 1. The minimum Gasteiger partial charge on any atom is -0.258 e. The van der Waals surface area contributed by atoms with Gasteiger partial charge in [-0.1, -0.05) is 24.3 Å². The van der Waals surface area contributed by atoms with Crippen LogP contribution in [0.25, 0.3) is 10.9 Å². The molecule has 1 heterocycles. The lowest BCUT2D eigenvalue weighted by Crippen LogP contribution is -2.03. The quantitative estimate of drug-likeness (QED) is 0.659. The molecule has 2 heteroatoms. The second kappa shape index (κ2) is 3.29. The molecule has 14 heavy (non-hydrogen) atoms. The van der Waals surface area contributed by atoms with Gasteiger partial charge in [0.1, 0.15) is 0 Å². The third-order valence-electron chi connectivity index (χ3n) is 2.53. The average Bonchev–Trinajstić information content (AvgIpc) is 2.56. The molecule has 0 N–H and O–H groups in total. The summed E-state index contributed by atoms with van der Waals surface area (Å²) in [5.41, 5.74) is 2.26. The summed E-state index contributed by atoms with van der Waals surface area (Å²) >= 11 is 0. The number of para-hydroxylation sites is 1. The van der Waals surface area contributed by atoms with Crippen molar-refractivity contribution in [2.24, 2.45) is 0 Å². The van der Waals surface area contributed by atoms with Gasteiger partial charge < -0.3 is 0 Å². The van der Waals surface area contributed by atoms with E-state index in [1.54, 1.807) is 0 Å². The van der Waals surface area contributed by atoms with Crippen molar-refractivity contribution >= 4 is 10.9 Å². The van der Waals surface area contributed by atoms with Crippen LogP contribution in [0.2, 0.25) is 0 Å². The maximum Gasteiger partial charge on any atom is 0.0692 e. The average molecular weight is 186 g/mol. The maximum atomic E-state index is 4.51. The third-order valence-corrected chi connectivity index (χ3v) is 2.53. The Morgan fingerprint density at radius 1 is 1.43 bits per heavy atom. The fourth-order valence-electron chi connectivity index (χ4n) is 1.66. The van der Waals surface area contributed by atoms with Crippen molar-refractivity contribution in [1.29, 1.82) is 0 Å². The van der Waals surface area contributed by atoms with Crippen molar-refractivity contribution < 1.29 is 0 Å². The Bertz CT molecular complexity index is 468. The Labute approximate surface area is 83.9 Å². The fourth-order valence-corrected chi connectivity index (χ4v) is 1.66. The maximum absolute atomic E-state index is 4.51. The molecule has 0 fully saturated rings. The van der Waals surface area contributed by atoms with Crippen LogP contribution in [0, 0.1) is 6.92 Å². The first-order chi connectivity index (χ1) is 6.74. The van der Waals surface area contributed by atoms with Gasteiger partial charge in [-0.05, 0) is 19.9 Å². The van der Waals surface area contributed by atoms with Crippen LogP contribution in [0.15, 0.2) is 36.9 Å². The lowest BCUT2D eigenvalue weighted by atomic mass is 10.2. The molecule has 2 aromatic rings. The van der Waals surface area contributed by atoms with E-state index in [4.69, 9.17) is 0 Å². The molecule has 1 aromatic heterocycles. The predicted molar refractivity (Wildman–Crippen MR) is 59.4 cm³/mol. The van der Waals surface area contributed by atoms with Crippen LogP contribution < -0.4 is 0 Å². The van der Waals surface area contributed by atoms with Gasteiger partial charge >= 0.3 is 0 Å². The van der Waals surface area contributed by atoms with Gasteiger partial charge in [0, 0.05) is 5.39 Å². The molecule has 0 bridgehead atoms. The van der Waals surface area contributed by atoms with Gasteiger partial charge in [0.15, 0.2) is 0 Å². The highest BCUT2D eigenvalue weighted by molar-refractivity contribution is 5.81. The highest BCUT2D eigenvalue weighted by Crippen LogP contribution is 2.21. The normalized spacial score (nSPS) is 13.0. The van der Waals surface area contributed by atoms with Crippen LogP contribution in [-0.4, -0.2) is 9.78 Å². The van der Waals surface area contributed by atoms with Crippen molar-refractivity contribution in [2.75, 3.05) is 0 Å². The van der Waals surface area contributed by atoms with Gasteiger partial charge in [0.2, 0.25) is 0 Å². The van der Waals surface area contributed by atoms with Gasteiger partial charge in [0.05, 0.1) is 17.3 Å². The minimum atomic E-state index is 0.244. The standard InChI is InChI=1S/C12H14N2/c1-4-9(2)14-12-8-6-5-7-11(12)10(3)13-14/h4-9H,1H2,2-3H3/t9-/m0/s1. The van der Waals surface area contributed by atoms with Crippen LogP contribution in [0.3, 0.4) is 0 Å². The van der Waals surface area contributed by atoms with E-state index in [0.29, 0.717) is 0 Å². The molecule has 0 unspecified atom stereocenters. The highest BCUT2D eigenvalue weighted by Gasteiger charge is 2.08. The summed E-state index contributed by atoms with van der Waals surface area (Å²) in [4.78, 5) is 0. The molecule has 0 radical (unpaired) electrons. The summed E-state index contributed by atoms with van der Waals surface area (Å²) in [5.74, 6) is 0. The number of allylic oxidation sites excluding steroid dienone is 1. The number of hydrogen-bond donors (Lipinski definition) is 0. The number of rotatable bonds is 2. The number of hydrogen-bond acceptors (Lipinski definition) is 1. The lowest BCUT2D eigenvalue weighted by Gasteiger charge is -2.07. The van der Waals surface area contributed by atoms with E-state index in [9.17, 15) is 0 Å². The molecule has 0 aliphatic rings. The molecule has 2 rings (SSSR count). The molecular formula is C12H14N2. The number of aromatic nitrogens is 2. The molecule has 1 atom stereocenters. The van der Waals surface area contributed by atoms with Crippen molar-refractivity contribution in [1.82, 2.24) is 9.78 Å². The first-order valence-corrected chi connectivity index (χ1v) is 4.80. The molecule has 0 aliphatic heterocycles. The SMILES string of the molecule is C=C[C@H](C)n1nc(C)c2ccccc21. The van der Waals surface area contributed by atoms with Crippen LogP contribution in [0.1, 0.15) is 18.7 Å². The molecule has 0 saturated heterocycles. The lowest BCUT2D eigenvalue weighted by molar-refractivity contribution is 0.597. The molecule has 0 saturated carbocycles. The van der Waals surface area contributed by atoms with E-state index >= 15 is 0 Å². The zero-order valence-electron chi connectivity index (χ0n) is 8.57. The predicted octanol–water partition coefficient (Wildman–Crippen LogP) is 3.09. The second-order valence-corrected chi connectivity index (χ2v) is 3.52. The molecule has 72 valence electrons. The summed E-state index contributed by atoms with van der Waals surface area (Å²) in [7, 11) is 0. The molecule has 2 nitrogen and oxygen atoms in total. The summed E-state index contributed by atoms with van der Waals surface area (Å²) in [6, 6.07) is 8.52. The van der Waals surface area contributed by atoms with Gasteiger partial charge in [-0.3, -0.25) is 4.68 Å². The van der Waals surface area contributed by atoms with E-state index in [0.717, 1.165) is 5.69 Å². The smallest absolute Gasteiger partial charge is 0.0692 e. The van der Waals surface area contributed by atoms with E-state index in [-0.39, 0.29) is 6.04 Å². The number of aryl methyl sites for hydroxylation is 1. The zero-order chi connectivity index (χ0) is 10.1.